The summed E-state index contributed by atoms with van der Waals surface area (Å²) in [6.07, 6.45) is 3.37. The fourth-order valence-corrected chi connectivity index (χ4v) is 2.60. The molecule has 2 rings (SSSR count). The van der Waals surface area contributed by atoms with Gasteiger partial charge in [-0.05, 0) is 57.2 Å². The van der Waals surface area contributed by atoms with E-state index in [1.807, 2.05) is 26.0 Å². The highest BCUT2D eigenvalue weighted by Crippen LogP contribution is 2.35. The lowest BCUT2D eigenvalue weighted by atomic mass is 10.0. The molecule has 1 aliphatic carbocycles. The first-order chi connectivity index (χ1) is 10.0. The molecule has 1 fully saturated rings. The zero-order valence-electron chi connectivity index (χ0n) is 13.0. The predicted molar refractivity (Wildman–Crippen MR) is 82.8 cm³/mol. The van der Waals surface area contributed by atoms with E-state index in [4.69, 9.17) is 4.74 Å². The molecule has 1 saturated carbocycles. The minimum atomic E-state index is -0.385. The van der Waals surface area contributed by atoms with E-state index in [9.17, 15) is 10.1 Å². The summed E-state index contributed by atoms with van der Waals surface area (Å²) in [5, 5.41) is 14.6. The Balaban J connectivity index is 2.17. The topological polar surface area (TPSA) is 64.4 Å². The summed E-state index contributed by atoms with van der Waals surface area (Å²) in [7, 11) is 0. The van der Waals surface area contributed by atoms with Crippen LogP contribution in [0, 0.1) is 16.0 Å². The standard InChI is InChI=1S/C16H24N2O3/c1-4-17-14(13-6-7-13)9-12-5-8-15(18(19)20)16(10-12)21-11(2)3/h5,8,10-11,13-14,17H,4,6-7,9H2,1-3H3. The third kappa shape index (κ3) is 4.43. The van der Waals surface area contributed by atoms with Crippen LogP contribution in [0.3, 0.4) is 0 Å². The second-order valence-corrected chi connectivity index (χ2v) is 5.93. The van der Waals surface area contributed by atoms with Gasteiger partial charge in [0.1, 0.15) is 0 Å². The van der Waals surface area contributed by atoms with Crippen molar-refractivity contribution in [3.05, 3.63) is 33.9 Å². The highest BCUT2D eigenvalue weighted by molar-refractivity contribution is 5.48. The minimum absolute atomic E-state index is 0.0406. The normalized spacial score (nSPS) is 16.0. The maximum absolute atomic E-state index is 11.1. The average molecular weight is 292 g/mol. The van der Waals surface area contributed by atoms with Crippen LogP contribution in [0.15, 0.2) is 18.2 Å². The number of ether oxygens (including phenoxy) is 1. The maximum Gasteiger partial charge on any atom is 0.310 e. The van der Waals surface area contributed by atoms with Crippen molar-refractivity contribution < 1.29 is 9.66 Å². The Hall–Kier alpha value is -1.62. The van der Waals surface area contributed by atoms with Crippen molar-refractivity contribution in [1.29, 1.82) is 0 Å². The van der Waals surface area contributed by atoms with E-state index in [-0.39, 0.29) is 16.7 Å². The summed E-state index contributed by atoms with van der Waals surface area (Å²) in [5.74, 6) is 1.12. The van der Waals surface area contributed by atoms with E-state index in [0.717, 1.165) is 24.4 Å². The number of nitrogens with zero attached hydrogens (tertiary/aromatic N) is 1. The molecule has 0 radical (unpaired) electrons. The van der Waals surface area contributed by atoms with Crippen molar-refractivity contribution in [1.82, 2.24) is 5.32 Å². The molecule has 0 spiro atoms. The fraction of sp³-hybridized carbons (Fsp3) is 0.625. The van der Waals surface area contributed by atoms with Gasteiger partial charge in [0, 0.05) is 12.1 Å². The van der Waals surface area contributed by atoms with Crippen molar-refractivity contribution in [2.75, 3.05) is 6.54 Å². The van der Waals surface area contributed by atoms with Gasteiger partial charge in [0.05, 0.1) is 11.0 Å². The summed E-state index contributed by atoms with van der Waals surface area (Å²) in [5.41, 5.74) is 1.13. The van der Waals surface area contributed by atoms with Crippen LogP contribution in [0.2, 0.25) is 0 Å². The molecule has 5 heteroatoms. The van der Waals surface area contributed by atoms with Crippen LogP contribution >= 0.6 is 0 Å². The van der Waals surface area contributed by atoms with Gasteiger partial charge in [-0.1, -0.05) is 13.0 Å². The number of hydrogen-bond donors (Lipinski definition) is 1. The summed E-state index contributed by atoms with van der Waals surface area (Å²) in [4.78, 5) is 10.7. The predicted octanol–water partition coefficient (Wildman–Crippen LogP) is 3.31. The number of nitro benzene ring substituents is 1. The SMILES string of the molecule is CCNC(Cc1ccc([N+](=O)[O-])c(OC(C)C)c1)C1CC1. The zero-order valence-corrected chi connectivity index (χ0v) is 13.0. The lowest BCUT2D eigenvalue weighted by molar-refractivity contribution is -0.386. The largest absolute Gasteiger partial charge is 0.484 e. The molecular formula is C16H24N2O3. The molecule has 1 unspecified atom stereocenters. The summed E-state index contributed by atoms with van der Waals surface area (Å²) in [6, 6.07) is 5.69. The molecule has 1 aromatic rings. The second-order valence-electron chi connectivity index (χ2n) is 5.93. The zero-order chi connectivity index (χ0) is 15.4. The number of hydrogen-bond acceptors (Lipinski definition) is 4. The van der Waals surface area contributed by atoms with Crippen LogP contribution in [-0.4, -0.2) is 23.6 Å². The van der Waals surface area contributed by atoms with Gasteiger partial charge in [0.2, 0.25) is 0 Å². The third-order valence-electron chi connectivity index (χ3n) is 3.70. The molecule has 0 saturated heterocycles. The van der Waals surface area contributed by atoms with Crippen LogP contribution in [0.1, 0.15) is 39.2 Å². The Morgan fingerprint density at radius 3 is 2.67 bits per heavy atom. The Morgan fingerprint density at radius 2 is 2.14 bits per heavy atom. The van der Waals surface area contributed by atoms with Gasteiger partial charge in [-0.3, -0.25) is 10.1 Å². The summed E-state index contributed by atoms with van der Waals surface area (Å²) < 4.78 is 5.60. The maximum atomic E-state index is 11.1. The molecule has 1 aromatic carbocycles. The van der Waals surface area contributed by atoms with E-state index < -0.39 is 0 Å². The molecule has 1 atom stereocenters. The molecule has 1 N–H and O–H groups in total. The lowest BCUT2D eigenvalue weighted by Crippen LogP contribution is -2.32. The van der Waals surface area contributed by atoms with Gasteiger partial charge in [-0.2, -0.15) is 0 Å². The summed E-state index contributed by atoms with van der Waals surface area (Å²) >= 11 is 0. The number of likely N-dealkylation sites (N-methyl/N-ethyl adjacent to an activating group) is 1. The average Bonchev–Trinajstić information content (AvgIpc) is 3.21. The molecule has 0 aliphatic heterocycles. The Kier molecular flexibility index (Phi) is 5.17. The molecule has 116 valence electrons. The molecule has 0 aromatic heterocycles. The van der Waals surface area contributed by atoms with Crippen LogP contribution in [0.4, 0.5) is 5.69 Å². The molecule has 1 aliphatic rings. The van der Waals surface area contributed by atoms with Crippen molar-refractivity contribution in [2.24, 2.45) is 5.92 Å². The lowest BCUT2D eigenvalue weighted by Gasteiger charge is -2.18. The third-order valence-corrected chi connectivity index (χ3v) is 3.70. The van der Waals surface area contributed by atoms with E-state index in [1.165, 1.54) is 12.8 Å². The minimum Gasteiger partial charge on any atom is -0.484 e. The van der Waals surface area contributed by atoms with Gasteiger partial charge >= 0.3 is 5.69 Å². The van der Waals surface area contributed by atoms with Crippen LogP contribution in [0.25, 0.3) is 0 Å². The smallest absolute Gasteiger partial charge is 0.310 e. The molecule has 5 nitrogen and oxygen atoms in total. The van der Waals surface area contributed by atoms with E-state index in [0.29, 0.717) is 11.8 Å². The quantitative estimate of drug-likeness (QED) is 0.589. The first-order valence-corrected chi connectivity index (χ1v) is 7.68. The Morgan fingerprint density at radius 1 is 1.43 bits per heavy atom. The first-order valence-electron chi connectivity index (χ1n) is 7.68. The second kappa shape index (κ2) is 6.89. The number of benzene rings is 1. The first kappa shape index (κ1) is 15.8. The highest BCUT2D eigenvalue weighted by atomic mass is 16.6. The van der Waals surface area contributed by atoms with Gasteiger partial charge < -0.3 is 10.1 Å². The van der Waals surface area contributed by atoms with Crippen molar-refractivity contribution in [3.63, 3.8) is 0 Å². The molecule has 0 amide bonds. The van der Waals surface area contributed by atoms with Gasteiger partial charge in [-0.25, -0.2) is 0 Å². The van der Waals surface area contributed by atoms with Crippen molar-refractivity contribution in [2.45, 2.75) is 52.2 Å². The van der Waals surface area contributed by atoms with E-state index in [1.54, 1.807) is 6.07 Å². The molecule has 0 bridgehead atoms. The van der Waals surface area contributed by atoms with Crippen LogP contribution in [-0.2, 0) is 6.42 Å². The molecular weight excluding hydrogens is 268 g/mol. The fourth-order valence-electron chi connectivity index (χ4n) is 2.60. The summed E-state index contributed by atoms with van der Waals surface area (Å²) in [6.45, 7) is 6.81. The Bertz CT molecular complexity index is 498. The van der Waals surface area contributed by atoms with Gasteiger partial charge in [-0.15, -0.1) is 0 Å². The monoisotopic (exact) mass is 292 g/mol. The van der Waals surface area contributed by atoms with Gasteiger partial charge in [0.15, 0.2) is 5.75 Å². The highest BCUT2D eigenvalue weighted by Gasteiger charge is 2.31. The van der Waals surface area contributed by atoms with Crippen molar-refractivity contribution in [3.8, 4) is 5.75 Å². The molecule has 0 heterocycles. The Labute approximate surface area is 125 Å². The number of nitro groups is 1. The van der Waals surface area contributed by atoms with Crippen molar-refractivity contribution >= 4 is 5.69 Å². The van der Waals surface area contributed by atoms with Crippen LogP contribution < -0.4 is 10.1 Å². The van der Waals surface area contributed by atoms with Gasteiger partial charge in [0.25, 0.3) is 0 Å². The van der Waals surface area contributed by atoms with Crippen LogP contribution in [0.5, 0.6) is 5.75 Å². The number of rotatable bonds is 8. The van der Waals surface area contributed by atoms with E-state index in [2.05, 4.69) is 12.2 Å². The molecule has 21 heavy (non-hydrogen) atoms. The number of nitrogens with one attached hydrogen (secondary N) is 1. The van der Waals surface area contributed by atoms with E-state index >= 15 is 0 Å².